The zero-order valence-corrected chi connectivity index (χ0v) is 44.8. The Labute approximate surface area is 428 Å². The highest BCUT2D eigenvalue weighted by Gasteiger charge is 2.46. The molecule has 410 valence electrons. The molecule has 0 aliphatic carbocycles. The predicted molar refractivity (Wildman–Crippen MR) is 279 cm³/mol. The Hall–Kier alpha value is -3.54. The van der Waals surface area contributed by atoms with Crippen LogP contribution in [-0.4, -0.2) is 85.7 Å². The second kappa shape index (κ2) is 39.9. The Kier molecular flexibility index (Phi) is 35.7. The van der Waals surface area contributed by atoms with Crippen LogP contribution in [0.5, 0.6) is 0 Å². The summed E-state index contributed by atoms with van der Waals surface area (Å²) in [6.07, 6.45) is 40.1. The minimum absolute atomic E-state index is 0.0433. The van der Waals surface area contributed by atoms with Gasteiger partial charge < -0.3 is 39.9 Å². The molecule has 1 saturated heterocycles. The summed E-state index contributed by atoms with van der Waals surface area (Å²) < 4.78 is 56.8. The van der Waals surface area contributed by atoms with Gasteiger partial charge in [-0.15, -0.1) is 0 Å². The summed E-state index contributed by atoms with van der Waals surface area (Å²) in [5.74, 6) is -1.33. The molecular formula is C52H87N3O15P2. The molecule has 20 heteroatoms. The van der Waals surface area contributed by atoms with E-state index in [0.717, 1.165) is 87.8 Å². The van der Waals surface area contributed by atoms with Gasteiger partial charge in [0, 0.05) is 19.0 Å². The number of nitrogens with zero attached hydrogens (tertiary/aromatic N) is 2. The lowest BCUT2D eigenvalue weighted by atomic mass is 10.0. The fourth-order valence-electron chi connectivity index (χ4n) is 7.58. The number of allylic oxidation sites excluding steroid dienone is 10. The van der Waals surface area contributed by atoms with Crippen molar-refractivity contribution in [3.05, 3.63) is 83.5 Å². The maximum Gasteiger partial charge on any atom is 0.481 e. The molecule has 0 aromatic carbocycles. The van der Waals surface area contributed by atoms with Crippen LogP contribution in [-0.2, 0) is 46.3 Å². The second-order valence-corrected chi connectivity index (χ2v) is 21.0. The number of phosphoric ester groups is 2. The molecule has 0 spiro atoms. The molecule has 1 aromatic heterocycles. The van der Waals surface area contributed by atoms with Crippen LogP contribution >= 0.6 is 15.6 Å². The molecule has 6 N–H and O–H groups in total. The first-order valence-electron chi connectivity index (χ1n) is 26.3. The first-order valence-corrected chi connectivity index (χ1v) is 29.3. The van der Waals surface area contributed by atoms with Gasteiger partial charge in [0.05, 0.1) is 13.2 Å². The van der Waals surface area contributed by atoms with Crippen molar-refractivity contribution in [1.29, 1.82) is 0 Å². The van der Waals surface area contributed by atoms with E-state index in [2.05, 4.69) is 83.9 Å². The van der Waals surface area contributed by atoms with Crippen molar-refractivity contribution in [2.75, 3.05) is 25.6 Å². The van der Waals surface area contributed by atoms with Crippen molar-refractivity contribution in [2.24, 2.45) is 0 Å². The number of carbonyl (C=O) groups excluding carboxylic acids is 2. The number of esters is 2. The average molecular weight is 1060 g/mol. The smallest absolute Gasteiger partial charge is 0.462 e. The molecule has 2 rings (SSSR count). The Balaban J connectivity index is 1.80. The molecule has 1 fully saturated rings. The third kappa shape index (κ3) is 31.9. The quantitative estimate of drug-likeness (QED) is 0.0176. The summed E-state index contributed by atoms with van der Waals surface area (Å²) in [5, 5.41) is 20.9. The molecule has 0 radical (unpaired) electrons. The maximum atomic E-state index is 12.9. The van der Waals surface area contributed by atoms with Crippen LogP contribution in [0.2, 0.25) is 0 Å². The second-order valence-electron chi connectivity index (χ2n) is 18.0. The number of rotatable bonds is 43. The number of aromatic nitrogens is 2. The van der Waals surface area contributed by atoms with Gasteiger partial charge in [0.2, 0.25) is 0 Å². The fraction of sp³-hybridized carbons (Fsp3) is 0.692. The summed E-state index contributed by atoms with van der Waals surface area (Å²) >= 11 is 0. The number of nitrogen functional groups attached to an aromatic ring is 1. The highest BCUT2D eigenvalue weighted by Crippen LogP contribution is 2.60. The highest BCUT2D eigenvalue weighted by atomic mass is 31.3. The first kappa shape index (κ1) is 64.6. The van der Waals surface area contributed by atoms with Crippen LogP contribution in [0.4, 0.5) is 5.82 Å². The Bertz CT molecular complexity index is 1940. The van der Waals surface area contributed by atoms with E-state index < -0.39 is 83.7 Å². The summed E-state index contributed by atoms with van der Waals surface area (Å²) in [7, 11) is -10.9. The zero-order valence-electron chi connectivity index (χ0n) is 43.0. The van der Waals surface area contributed by atoms with Crippen molar-refractivity contribution in [3.8, 4) is 0 Å². The van der Waals surface area contributed by atoms with Gasteiger partial charge >= 0.3 is 33.3 Å². The van der Waals surface area contributed by atoms with Gasteiger partial charge in [0.1, 0.15) is 30.7 Å². The van der Waals surface area contributed by atoms with Crippen molar-refractivity contribution < 1.29 is 66.3 Å². The zero-order chi connectivity index (χ0) is 52.7. The number of aliphatic hydroxyl groups excluding tert-OH is 2. The molecule has 0 saturated carbocycles. The number of phosphoric acid groups is 2. The molecule has 3 unspecified atom stereocenters. The van der Waals surface area contributed by atoms with Crippen LogP contribution in [0.15, 0.2) is 77.8 Å². The van der Waals surface area contributed by atoms with E-state index in [1.165, 1.54) is 70.3 Å². The van der Waals surface area contributed by atoms with E-state index in [4.69, 9.17) is 29.0 Å². The molecule has 1 aromatic rings. The Morgan fingerprint density at radius 1 is 0.681 bits per heavy atom. The number of anilines is 1. The normalized spacial score (nSPS) is 19.5. The monoisotopic (exact) mass is 1060 g/mol. The van der Waals surface area contributed by atoms with E-state index in [9.17, 15) is 43.5 Å². The Morgan fingerprint density at radius 2 is 1.17 bits per heavy atom. The van der Waals surface area contributed by atoms with Gasteiger partial charge in [-0.05, 0) is 63.9 Å². The van der Waals surface area contributed by atoms with Crippen LogP contribution in [0, 0.1) is 0 Å². The topological polar surface area (TPSA) is 265 Å². The maximum absolute atomic E-state index is 12.9. The third-order valence-corrected chi connectivity index (χ3v) is 14.2. The first-order chi connectivity index (χ1) is 34.7. The number of hydrogen-bond donors (Lipinski definition) is 5. The SMILES string of the molecule is CC/C=C\C/C=C\C/C=C\C/C=C\C/C=C\CCCCCC(=O)OC[C@H](COP(=O)(O)OP(=O)(O)OC[C@H]1O[C@@H](n2ccc(N)nc2=O)C(O)[C@H]1O)OC(=O)CCCCCCCCCCCCCCCCC. The molecule has 18 nitrogen and oxygen atoms in total. The summed E-state index contributed by atoms with van der Waals surface area (Å²) in [6, 6.07) is 1.25. The lowest BCUT2D eigenvalue weighted by Gasteiger charge is -2.21. The van der Waals surface area contributed by atoms with E-state index in [1.54, 1.807) is 0 Å². The summed E-state index contributed by atoms with van der Waals surface area (Å²) in [6.45, 7) is 2.02. The molecular weight excluding hydrogens is 969 g/mol. The van der Waals surface area contributed by atoms with Crippen LogP contribution in [0.3, 0.4) is 0 Å². The van der Waals surface area contributed by atoms with Gasteiger partial charge in [0.15, 0.2) is 12.3 Å². The molecule has 2 heterocycles. The highest BCUT2D eigenvalue weighted by molar-refractivity contribution is 7.61. The van der Waals surface area contributed by atoms with Crippen LogP contribution in [0.25, 0.3) is 0 Å². The minimum atomic E-state index is -5.43. The third-order valence-electron chi connectivity index (χ3n) is 11.6. The van der Waals surface area contributed by atoms with Gasteiger partial charge in [-0.3, -0.25) is 23.2 Å². The number of aliphatic hydroxyl groups is 2. The molecule has 0 bridgehead atoms. The molecule has 72 heavy (non-hydrogen) atoms. The lowest BCUT2D eigenvalue weighted by Crippen LogP contribution is -2.36. The fourth-order valence-corrected chi connectivity index (χ4v) is 9.69. The minimum Gasteiger partial charge on any atom is -0.462 e. The summed E-state index contributed by atoms with van der Waals surface area (Å²) in [4.78, 5) is 62.0. The van der Waals surface area contributed by atoms with E-state index >= 15 is 0 Å². The largest absolute Gasteiger partial charge is 0.481 e. The molecule has 0 amide bonds. The molecule has 7 atom stereocenters. The van der Waals surface area contributed by atoms with Crippen molar-refractivity contribution in [1.82, 2.24) is 9.55 Å². The van der Waals surface area contributed by atoms with E-state index in [1.807, 2.05) is 0 Å². The molecule has 1 aliphatic rings. The van der Waals surface area contributed by atoms with Gasteiger partial charge in [-0.1, -0.05) is 171 Å². The molecule has 1 aliphatic heterocycles. The van der Waals surface area contributed by atoms with Crippen LogP contribution < -0.4 is 11.4 Å². The van der Waals surface area contributed by atoms with Gasteiger partial charge in [-0.25, -0.2) is 13.9 Å². The Morgan fingerprint density at radius 3 is 1.71 bits per heavy atom. The van der Waals surface area contributed by atoms with Gasteiger partial charge in [0.25, 0.3) is 0 Å². The van der Waals surface area contributed by atoms with E-state index in [0.29, 0.717) is 12.8 Å². The number of unbranched alkanes of at least 4 members (excludes halogenated alkanes) is 17. The van der Waals surface area contributed by atoms with Crippen molar-refractivity contribution >= 4 is 33.4 Å². The summed E-state index contributed by atoms with van der Waals surface area (Å²) in [5.41, 5.74) is 4.59. The predicted octanol–water partition coefficient (Wildman–Crippen LogP) is 11.1. The number of hydrogen-bond acceptors (Lipinski definition) is 15. The lowest BCUT2D eigenvalue weighted by molar-refractivity contribution is -0.161. The van der Waals surface area contributed by atoms with Crippen molar-refractivity contribution in [2.45, 2.75) is 211 Å². The van der Waals surface area contributed by atoms with Gasteiger partial charge in [-0.2, -0.15) is 9.29 Å². The number of ether oxygens (including phenoxy) is 3. The number of nitrogens with two attached hydrogens (primary N) is 1. The average Bonchev–Trinajstić information content (AvgIpc) is 3.62. The van der Waals surface area contributed by atoms with E-state index in [-0.39, 0.29) is 18.7 Å². The van der Waals surface area contributed by atoms with Crippen LogP contribution in [0.1, 0.15) is 187 Å². The number of carbonyl (C=O) groups is 2. The standard InChI is InChI=1S/C52H87N3O15P2/c1-3-5-7-9-11-13-15-17-19-20-21-22-24-25-27-29-31-33-35-37-47(56)65-41-44(68-48(57)38-36-34-32-30-28-26-23-18-16-14-12-10-8-6-4-2)42-66-71(61,62)70-72(63,64)67-43-45-49(58)50(59)51(69-45)55-40-39-46(53)54-52(55)60/h5,7,11,13,17,19,21-22,25,27,39-40,44-45,49-51,58-59H,3-4,6,8-10,12,14-16,18,20,23-24,26,28-38,41-43H2,1-2H3,(H,61,62)(H,63,64)(H2,53,54,60)/b7-5-,13-11-,19-17-,22-21-,27-25-/t44-,45-,49+,50?,51-/m1/s1. The van der Waals surface area contributed by atoms with Crippen molar-refractivity contribution in [3.63, 3.8) is 0 Å².